The molecule has 1 atom stereocenters. The Kier molecular flexibility index (Phi) is 5.92. The van der Waals surface area contributed by atoms with Gasteiger partial charge in [0.25, 0.3) is 0 Å². The monoisotopic (exact) mass is 293 g/mol. The number of allylic oxidation sites excluding steroid dienone is 1. The molecule has 2 rings (SSSR count). The lowest BCUT2D eigenvalue weighted by atomic mass is 10.0. The summed E-state index contributed by atoms with van der Waals surface area (Å²) in [5.74, 6) is 0. The summed E-state index contributed by atoms with van der Waals surface area (Å²) in [6, 6.07) is 18.4. The van der Waals surface area contributed by atoms with E-state index < -0.39 is 0 Å². The molecule has 0 radical (unpaired) electrons. The van der Waals surface area contributed by atoms with Gasteiger partial charge in [-0.15, -0.1) is 0 Å². The minimum atomic E-state index is 0.00833. The van der Waals surface area contributed by atoms with Gasteiger partial charge in [0.1, 0.15) is 0 Å². The molecular formula is C19H23N3. The van der Waals surface area contributed by atoms with Crippen LogP contribution in [0.4, 0.5) is 0 Å². The fraction of sp³-hybridized carbons (Fsp3) is 0.211. The second-order valence-corrected chi connectivity index (χ2v) is 5.31. The average molecular weight is 293 g/mol. The molecule has 0 aliphatic carbocycles. The van der Waals surface area contributed by atoms with Crippen LogP contribution in [-0.2, 0) is 6.42 Å². The Morgan fingerprint density at radius 3 is 2.59 bits per heavy atom. The van der Waals surface area contributed by atoms with Crippen molar-refractivity contribution < 1.29 is 0 Å². The third-order valence-corrected chi connectivity index (χ3v) is 3.53. The molecule has 4 N–H and O–H groups in total. The van der Waals surface area contributed by atoms with Crippen LogP contribution in [0.2, 0.25) is 0 Å². The summed E-state index contributed by atoms with van der Waals surface area (Å²) in [5, 5.41) is 0. The number of nitrogens with zero attached hydrogens (tertiary/aromatic N) is 1. The summed E-state index contributed by atoms with van der Waals surface area (Å²) in [6.07, 6.45) is 4.35. The van der Waals surface area contributed by atoms with Gasteiger partial charge in [0.15, 0.2) is 0 Å². The predicted octanol–water partition coefficient (Wildman–Crippen LogP) is 3.32. The van der Waals surface area contributed by atoms with Gasteiger partial charge in [-0.05, 0) is 36.1 Å². The Morgan fingerprint density at radius 2 is 1.91 bits per heavy atom. The Bertz CT molecular complexity index is 643. The van der Waals surface area contributed by atoms with E-state index in [0.29, 0.717) is 0 Å². The largest absolute Gasteiger partial charge is 0.404 e. The third kappa shape index (κ3) is 4.57. The van der Waals surface area contributed by atoms with Crippen molar-refractivity contribution in [3.8, 4) is 0 Å². The highest BCUT2D eigenvalue weighted by atomic mass is 14.7. The van der Waals surface area contributed by atoms with Gasteiger partial charge >= 0.3 is 0 Å². The fourth-order valence-corrected chi connectivity index (χ4v) is 2.22. The number of rotatable bonds is 6. The quantitative estimate of drug-likeness (QED) is 0.802. The predicted molar refractivity (Wildman–Crippen MR) is 94.7 cm³/mol. The molecule has 1 unspecified atom stereocenters. The van der Waals surface area contributed by atoms with E-state index in [1.165, 1.54) is 5.56 Å². The van der Waals surface area contributed by atoms with Gasteiger partial charge in [0.2, 0.25) is 0 Å². The smallest absolute Gasteiger partial charge is 0.0429 e. The number of aliphatic imine (C=N–C) groups is 1. The molecule has 0 heterocycles. The highest BCUT2D eigenvalue weighted by Gasteiger charge is 2.03. The SMILES string of the molecule is CC(N)c1cccc(C(C=NCCc2ccccc2)=CN)c1. The van der Waals surface area contributed by atoms with Crippen LogP contribution in [-0.4, -0.2) is 12.8 Å². The first-order valence-electron chi connectivity index (χ1n) is 7.52. The summed E-state index contributed by atoms with van der Waals surface area (Å²) >= 11 is 0. The third-order valence-electron chi connectivity index (χ3n) is 3.53. The van der Waals surface area contributed by atoms with Crippen molar-refractivity contribution in [3.05, 3.63) is 77.5 Å². The Balaban J connectivity index is 2.00. The molecule has 2 aromatic carbocycles. The molecule has 0 aliphatic rings. The van der Waals surface area contributed by atoms with Gasteiger partial charge in [0, 0.05) is 30.6 Å². The second kappa shape index (κ2) is 8.15. The Hall–Kier alpha value is -2.39. The maximum absolute atomic E-state index is 5.93. The number of nitrogens with two attached hydrogens (primary N) is 2. The van der Waals surface area contributed by atoms with Gasteiger partial charge < -0.3 is 11.5 Å². The summed E-state index contributed by atoms with van der Waals surface area (Å²) in [7, 11) is 0. The number of hydrogen-bond acceptors (Lipinski definition) is 3. The molecule has 3 nitrogen and oxygen atoms in total. The Morgan fingerprint density at radius 1 is 1.14 bits per heavy atom. The van der Waals surface area contributed by atoms with Crippen LogP contribution in [0, 0.1) is 0 Å². The number of hydrogen-bond donors (Lipinski definition) is 2. The van der Waals surface area contributed by atoms with Crippen molar-refractivity contribution in [2.45, 2.75) is 19.4 Å². The van der Waals surface area contributed by atoms with Gasteiger partial charge in [0.05, 0.1) is 0 Å². The van der Waals surface area contributed by atoms with Crippen LogP contribution < -0.4 is 11.5 Å². The van der Waals surface area contributed by atoms with Crippen molar-refractivity contribution in [1.29, 1.82) is 0 Å². The highest BCUT2D eigenvalue weighted by molar-refractivity contribution is 6.09. The maximum atomic E-state index is 5.93. The molecule has 0 amide bonds. The molecule has 22 heavy (non-hydrogen) atoms. The van der Waals surface area contributed by atoms with Crippen molar-refractivity contribution in [1.82, 2.24) is 0 Å². The van der Waals surface area contributed by atoms with Gasteiger partial charge in [-0.25, -0.2) is 0 Å². The van der Waals surface area contributed by atoms with Gasteiger partial charge in [-0.1, -0.05) is 48.5 Å². The van der Waals surface area contributed by atoms with Crippen molar-refractivity contribution in [2.24, 2.45) is 16.5 Å². The number of benzene rings is 2. The molecule has 0 saturated carbocycles. The maximum Gasteiger partial charge on any atom is 0.0429 e. The normalized spacial score (nSPS) is 13.5. The standard InChI is InChI=1S/C19H23N3/c1-15(21)17-8-5-9-18(12-17)19(13-20)14-22-11-10-16-6-3-2-4-7-16/h2-9,12-15H,10-11,20-21H2,1H3. The lowest BCUT2D eigenvalue weighted by Crippen LogP contribution is -2.05. The zero-order valence-electron chi connectivity index (χ0n) is 12.9. The van der Waals surface area contributed by atoms with E-state index in [2.05, 4.69) is 23.2 Å². The summed E-state index contributed by atoms with van der Waals surface area (Å²) < 4.78 is 0. The van der Waals surface area contributed by atoms with Crippen LogP contribution in [0.1, 0.15) is 29.7 Å². The van der Waals surface area contributed by atoms with E-state index in [9.17, 15) is 0 Å². The topological polar surface area (TPSA) is 64.4 Å². The van der Waals surface area contributed by atoms with Crippen molar-refractivity contribution in [3.63, 3.8) is 0 Å². The van der Waals surface area contributed by atoms with Gasteiger partial charge in [-0.3, -0.25) is 4.99 Å². The van der Waals surface area contributed by atoms with Crippen molar-refractivity contribution >= 4 is 11.8 Å². The van der Waals surface area contributed by atoms with Crippen LogP contribution >= 0.6 is 0 Å². The van der Waals surface area contributed by atoms with Gasteiger partial charge in [-0.2, -0.15) is 0 Å². The van der Waals surface area contributed by atoms with Crippen LogP contribution in [0.5, 0.6) is 0 Å². The van der Waals surface area contributed by atoms with E-state index >= 15 is 0 Å². The first kappa shape index (κ1) is 16.0. The molecule has 0 fully saturated rings. The zero-order chi connectivity index (χ0) is 15.8. The van der Waals surface area contributed by atoms with Crippen LogP contribution in [0.3, 0.4) is 0 Å². The Labute approximate surface area is 132 Å². The van der Waals surface area contributed by atoms with E-state index in [-0.39, 0.29) is 6.04 Å². The molecular weight excluding hydrogens is 270 g/mol. The molecule has 0 aliphatic heterocycles. The average Bonchev–Trinajstić information content (AvgIpc) is 2.56. The van der Waals surface area contributed by atoms with E-state index in [1.54, 1.807) is 6.20 Å². The van der Waals surface area contributed by atoms with E-state index in [1.807, 2.05) is 49.5 Å². The van der Waals surface area contributed by atoms with E-state index in [4.69, 9.17) is 11.5 Å². The molecule has 0 saturated heterocycles. The lowest BCUT2D eigenvalue weighted by molar-refractivity contribution is 0.818. The molecule has 3 heteroatoms. The minimum Gasteiger partial charge on any atom is -0.404 e. The van der Waals surface area contributed by atoms with E-state index in [0.717, 1.165) is 29.7 Å². The molecule has 2 aromatic rings. The minimum absolute atomic E-state index is 0.00833. The first-order chi connectivity index (χ1) is 10.7. The van der Waals surface area contributed by atoms with Crippen LogP contribution in [0.15, 0.2) is 65.8 Å². The first-order valence-corrected chi connectivity index (χ1v) is 7.52. The fourth-order valence-electron chi connectivity index (χ4n) is 2.22. The highest BCUT2D eigenvalue weighted by Crippen LogP contribution is 2.17. The molecule has 114 valence electrons. The molecule has 0 spiro atoms. The van der Waals surface area contributed by atoms with Crippen molar-refractivity contribution in [2.75, 3.05) is 6.54 Å². The zero-order valence-corrected chi connectivity index (χ0v) is 12.9. The summed E-state index contributed by atoms with van der Waals surface area (Å²) in [6.45, 7) is 2.72. The molecule has 0 bridgehead atoms. The summed E-state index contributed by atoms with van der Waals surface area (Å²) in [4.78, 5) is 4.48. The lowest BCUT2D eigenvalue weighted by Gasteiger charge is -2.08. The second-order valence-electron chi connectivity index (χ2n) is 5.31. The summed E-state index contributed by atoms with van der Waals surface area (Å²) in [5.41, 5.74) is 16.0. The van der Waals surface area contributed by atoms with Crippen LogP contribution in [0.25, 0.3) is 5.57 Å². The molecule has 0 aromatic heterocycles.